The molecule has 5 rings (SSSR count). The van der Waals surface area contributed by atoms with Crippen LogP contribution in [0.4, 0.5) is 11.4 Å². The van der Waals surface area contributed by atoms with Gasteiger partial charge in [-0.2, -0.15) is 0 Å². The van der Waals surface area contributed by atoms with Crippen LogP contribution in [-0.4, -0.2) is 74.9 Å². The maximum atomic E-state index is 11.9. The second kappa shape index (κ2) is 13.4. The number of rotatable bonds is 10. The fourth-order valence-corrected chi connectivity index (χ4v) is 9.45. The van der Waals surface area contributed by atoms with Crippen LogP contribution in [0.1, 0.15) is 33.6 Å². The third-order valence-corrected chi connectivity index (χ3v) is 12.8. The van der Waals surface area contributed by atoms with Crippen LogP contribution in [0.3, 0.4) is 0 Å². The summed E-state index contributed by atoms with van der Waals surface area (Å²) in [6, 6.07) is 23.0. The van der Waals surface area contributed by atoms with Gasteiger partial charge in [0.2, 0.25) is 0 Å². The van der Waals surface area contributed by atoms with Crippen LogP contribution in [-0.2, 0) is 13.9 Å². The van der Waals surface area contributed by atoms with Gasteiger partial charge in [0.25, 0.3) is 0 Å². The fourth-order valence-electron chi connectivity index (χ4n) is 5.00. The number of hydrogen-bond acceptors (Lipinski definition) is 6. The molecule has 0 saturated carbocycles. The Hall–Kier alpha value is -2.55. The first-order valence-corrected chi connectivity index (χ1v) is 18.8. The van der Waals surface area contributed by atoms with Crippen molar-refractivity contribution in [3.8, 4) is 16.9 Å². The molecule has 0 fully saturated rings. The van der Waals surface area contributed by atoms with E-state index in [-0.39, 0.29) is 42.9 Å². The SMILES string of the molecule is CCC(=CC1O[Se]c2ccc(-c3ccccc3)cc2N1CCC(C)S(=O)(=O)O)C=C1[Se]c2ccc(OC)cc2N1CC. The maximum absolute atomic E-state index is 11.9. The van der Waals surface area contributed by atoms with Crippen molar-refractivity contribution in [2.75, 3.05) is 30.0 Å². The van der Waals surface area contributed by atoms with E-state index in [1.54, 1.807) is 14.0 Å². The first-order chi connectivity index (χ1) is 20.2. The molecular weight excluding hydrogens is 682 g/mol. The van der Waals surface area contributed by atoms with Gasteiger partial charge in [-0.3, -0.25) is 0 Å². The molecule has 2 aliphatic heterocycles. The van der Waals surface area contributed by atoms with Crippen LogP contribution in [0.15, 0.2) is 89.1 Å². The molecule has 0 aliphatic carbocycles. The summed E-state index contributed by atoms with van der Waals surface area (Å²) in [6.07, 6.45) is 5.23. The summed E-state index contributed by atoms with van der Waals surface area (Å²) in [4.78, 5) is 4.51. The molecule has 2 heterocycles. The molecule has 2 aliphatic rings. The van der Waals surface area contributed by atoms with E-state index >= 15 is 0 Å². The zero-order chi connectivity index (χ0) is 29.9. The van der Waals surface area contributed by atoms with Gasteiger partial charge in [0, 0.05) is 0 Å². The number of nitrogens with zero attached hydrogens (tertiary/aromatic N) is 2. The Morgan fingerprint density at radius 3 is 2.50 bits per heavy atom. The topological polar surface area (TPSA) is 79.3 Å². The predicted molar refractivity (Wildman–Crippen MR) is 173 cm³/mol. The van der Waals surface area contributed by atoms with Gasteiger partial charge in [-0.15, -0.1) is 0 Å². The summed E-state index contributed by atoms with van der Waals surface area (Å²) in [7, 11) is -2.44. The number of allylic oxidation sites excluding steroid dienone is 2. The summed E-state index contributed by atoms with van der Waals surface area (Å²) in [5, 5.41) is -0.877. The van der Waals surface area contributed by atoms with Crippen molar-refractivity contribution in [1.29, 1.82) is 0 Å². The minimum atomic E-state index is -4.13. The number of hydrogen-bond donors (Lipinski definition) is 1. The Balaban J connectivity index is 1.49. The van der Waals surface area contributed by atoms with Gasteiger partial charge in [0.1, 0.15) is 0 Å². The molecule has 0 spiro atoms. The third kappa shape index (κ3) is 6.81. The van der Waals surface area contributed by atoms with Crippen molar-refractivity contribution in [2.45, 2.75) is 45.1 Å². The number of anilines is 2. The Bertz CT molecular complexity index is 1590. The molecule has 3 aromatic carbocycles. The second-order valence-corrected chi connectivity index (χ2v) is 15.9. The third-order valence-electron chi connectivity index (χ3n) is 7.53. The first kappa shape index (κ1) is 30.9. The first-order valence-electron chi connectivity index (χ1n) is 14.0. The Kier molecular flexibility index (Phi) is 9.85. The monoisotopic (exact) mass is 720 g/mol. The van der Waals surface area contributed by atoms with E-state index in [1.807, 2.05) is 24.3 Å². The number of ether oxygens (including phenoxy) is 1. The van der Waals surface area contributed by atoms with Crippen molar-refractivity contribution in [3.63, 3.8) is 0 Å². The zero-order valence-electron chi connectivity index (χ0n) is 24.2. The van der Waals surface area contributed by atoms with Gasteiger partial charge in [0.05, 0.1) is 0 Å². The summed E-state index contributed by atoms with van der Waals surface area (Å²) in [5.74, 6) is 0.858. The average Bonchev–Trinajstić information content (AvgIpc) is 3.35. The van der Waals surface area contributed by atoms with Crippen LogP contribution in [0.25, 0.3) is 11.1 Å². The van der Waals surface area contributed by atoms with Gasteiger partial charge in [-0.1, -0.05) is 0 Å². The van der Waals surface area contributed by atoms with Crippen LogP contribution in [0.5, 0.6) is 5.75 Å². The van der Waals surface area contributed by atoms with E-state index < -0.39 is 15.4 Å². The molecule has 0 bridgehead atoms. The van der Waals surface area contributed by atoms with Gasteiger partial charge >= 0.3 is 263 Å². The number of methoxy groups -OCH3 is 1. The Labute approximate surface area is 262 Å². The second-order valence-electron chi connectivity index (χ2n) is 10.2. The van der Waals surface area contributed by atoms with Crippen LogP contribution in [0.2, 0.25) is 0 Å². The van der Waals surface area contributed by atoms with Crippen molar-refractivity contribution < 1.29 is 21.5 Å². The summed E-state index contributed by atoms with van der Waals surface area (Å²) in [5.41, 5.74) is 5.64. The van der Waals surface area contributed by atoms with Crippen LogP contribution in [0, 0.1) is 0 Å². The van der Waals surface area contributed by atoms with Gasteiger partial charge in [-0.05, 0) is 0 Å². The normalized spacial score (nSPS) is 18.6. The number of benzene rings is 3. The van der Waals surface area contributed by atoms with Gasteiger partial charge in [0.15, 0.2) is 0 Å². The van der Waals surface area contributed by atoms with Crippen LogP contribution < -0.4 is 23.5 Å². The minimum absolute atomic E-state index is 0.172. The van der Waals surface area contributed by atoms with Gasteiger partial charge in [-0.25, -0.2) is 0 Å². The van der Waals surface area contributed by atoms with Crippen molar-refractivity contribution in [2.24, 2.45) is 0 Å². The van der Waals surface area contributed by atoms with Crippen molar-refractivity contribution in [3.05, 3.63) is 89.1 Å². The summed E-state index contributed by atoms with van der Waals surface area (Å²) >= 11 is -0.0343. The van der Waals surface area contributed by atoms with Gasteiger partial charge < -0.3 is 0 Å². The molecule has 3 aromatic rings. The Morgan fingerprint density at radius 2 is 1.81 bits per heavy atom. The number of fused-ring (bicyclic) bond motifs is 2. The molecule has 2 atom stereocenters. The Morgan fingerprint density at radius 1 is 1.05 bits per heavy atom. The quantitative estimate of drug-likeness (QED) is 0.245. The van der Waals surface area contributed by atoms with E-state index in [9.17, 15) is 13.0 Å². The summed E-state index contributed by atoms with van der Waals surface area (Å²) < 4.78 is 49.1. The molecule has 7 nitrogen and oxygen atoms in total. The molecule has 0 saturated heterocycles. The van der Waals surface area contributed by atoms with Crippen molar-refractivity contribution >= 4 is 60.7 Å². The summed E-state index contributed by atoms with van der Waals surface area (Å²) in [6.45, 7) is 7.15. The molecule has 0 aromatic heterocycles. The molecule has 2 unspecified atom stereocenters. The molecule has 10 heteroatoms. The average molecular weight is 719 g/mol. The molecule has 42 heavy (non-hydrogen) atoms. The van der Waals surface area contributed by atoms with E-state index in [0.717, 1.165) is 40.0 Å². The van der Waals surface area contributed by atoms with E-state index in [4.69, 9.17) is 8.56 Å². The zero-order valence-corrected chi connectivity index (χ0v) is 28.4. The van der Waals surface area contributed by atoms with E-state index in [1.165, 1.54) is 20.3 Å². The molecule has 1 N–H and O–H groups in total. The molecule has 0 amide bonds. The fraction of sp³-hybridized carbons (Fsp3) is 0.312. The molecular formula is C32H36N2O5SSe2. The molecule has 222 valence electrons. The van der Waals surface area contributed by atoms with E-state index in [2.05, 4.69) is 78.3 Å². The van der Waals surface area contributed by atoms with Crippen LogP contribution >= 0.6 is 0 Å². The van der Waals surface area contributed by atoms with Crippen molar-refractivity contribution in [1.82, 2.24) is 0 Å². The predicted octanol–water partition coefficient (Wildman–Crippen LogP) is 4.48. The van der Waals surface area contributed by atoms with E-state index in [0.29, 0.717) is 6.54 Å². The standard InChI is InChI=1S/C32H36N2O5SSe2/c1-5-23(19-32-33(6-2)28-21-26(38-4)13-15-29(28)41-32)18-31-34(17-16-22(3)40(35,36)37)27-20-25(12-14-30(27)42-39-31)24-10-8-7-9-11-24/h7-15,18-22,31H,5-6,16-17H2,1-4H3,(H,35,36,37). The molecule has 0 radical (unpaired) electrons.